The summed E-state index contributed by atoms with van der Waals surface area (Å²) in [5.74, 6) is 0.0252. The summed E-state index contributed by atoms with van der Waals surface area (Å²) in [6.07, 6.45) is 3.51. The highest BCUT2D eigenvalue weighted by molar-refractivity contribution is 5.81. The lowest BCUT2D eigenvalue weighted by atomic mass is 9.95. The molecule has 0 aromatic rings. The second-order valence-corrected chi connectivity index (χ2v) is 5.53. The van der Waals surface area contributed by atoms with Crippen LogP contribution in [0.15, 0.2) is 0 Å². The molecule has 0 saturated carbocycles. The van der Waals surface area contributed by atoms with E-state index in [2.05, 4.69) is 13.8 Å². The molecule has 1 saturated heterocycles. The van der Waals surface area contributed by atoms with E-state index in [-0.39, 0.29) is 30.4 Å². The minimum Gasteiger partial charge on any atom is -0.395 e. The standard InChI is InChI=1S/C15H28N2O3/c1-4-14(5-2)17(9-10-18)15(20)13-7-6-8-16(11-13)12(3)19/h13-14,18H,4-11H2,1-3H3. The predicted molar refractivity (Wildman–Crippen MR) is 78.1 cm³/mol. The van der Waals surface area contributed by atoms with Crippen LogP contribution in [0, 0.1) is 5.92 Å². The zero-order valence-electron chi connectivity index (χ0n) is 13.0. The van der Waals surface area contributed by atoms with Crippen LogP contribution in [0.25, 0.3) is 0 Å². The fourth-order valence-corrected chi connectivity index (χ4v) is 3.01. The summed E-state index contributed by atoms with van der Waals surface area (Å²) in [7, 11) is 0. The van der Waals surface area contributed by atoms with Gasteiger partial charge >= 0.3 is 0 Å². The smallest absolute Gasteiger partial charge is 0.227 e. The molecule has 1 rings (SSSR count). The lowest BCUT2D eigenvalue weighted by Gasteiger charge is -2.37. The van der Waals surface area contributed by atoms with E-state index in [1.165, 1.54) is 0 Å². The Morgan fingerprint density at radius 1 is 1.35 bits per heavy atom. The van der Waals surface area contributed by atoms with Gasteiger partial charge in [-0.2, -0.15) is 0 Å². The van der Waals surface area contributed by atoms with Crippen LogP contribution < -0.4 is 0 Å². The minimum absolute atomic E-state index is 0.00855. The van der Waals surface area contributed by atoms with Gasteiger partial charge in [-0.15, -0.1) is 0 Å². The first-order chi connectivity index (χ1) is 9.54. The summed E-state index contributed by atoms with van der Waals surface area (Å²) in [5, 5.41) is 9.21. The van der Waals surface area contributed by atoms with Gasteiger partial charge in [0.05, 0.1) is 12.5 Å². The SMILES string of the molecule is CCC(CC)N(CCO)C(=O)C1CCCN(C(C)=O)C1. The van der Waals surface area contributed by atoms with Crippen LogP contribution in [-0.2, 0) is 9.59 Å². The van der Waals surface area contributed by atoms with Gasteiger partial charge in [-0.05, 0) is 25.7 Å². The van der Waals surface area contributed by atoms with Crippen molar-refractivity contribution in [1.82, 2.24) is 9.80 Å². The topological polar surface area (TPSA) is 60.9 Å². The van der Waals surface area contributed by atoms with Crippen LogP contribution in [0.1, 0.15) is 46.5 Å². The molecule has 1 aliphatic rings. The van der Waals surface area contributed by atoms with Gasteiger partial charge in [0.2, 0.25) is 11.8 Å². The summed E-state index contributed by atoms with van der Waals surface area (Å²) in [6.45, 7) is 7.34. The molecule has 2 amide bonds. The number of hydrogen-bond donors (Lipinski definition) is 1. The zero-order valence-corrected chi connectivity index (χ0v) is 13.0. The molecular weight excluding hydrogens is 256 g/mol. The second kappa shape index (κ2) is 8.25. The van der Waals surface area contributed by atoms with Crippen molar-refractivity contribution in [3.05, 3.63) is 0 Å². The van der Waals surface area contributed by atoms with Crippen molar-refractivity contribution in [2.45, 2.75) is 52.5 Å². The van der Waals surface area contributed by atoms with Crippen LogP contribution >= 0.6 is 0 Å². The van der Waals surface area contributed by atoms with Crippen LogP contribution in [0.4, 0.5) is 0 Å². The number of piperidine rings is 1. The van der Waals surface area contributed by atoms with Crippen molar-refractivity contribution in [2.24, 2.45) is 5.92 Å². The van der Waals surface area contributed by atoms with Gasteiger partial charge in [0.1, 0.15) is 0 Å². The fraction of sp³-hybridized carbons (Fsp3) is 0.867. The third-order valence-corrected chi connectivity index (χ3v) is 4.22. The number of likely N-dealkylation sites (tertiary alicyclic amines) is 1. The molecule has 0 aliphatic carbocycles. The number of hydrogen-bond acceptors (Lipinski definition) is 3. The lowest BCUT2D eigenvalue weighted by Crippen LogP contribution is -2.49. The molecular formula is C15H28N2O3. The van der Waals surface area contributed by atoms with Crippen LogP contribution in [-0.4, -0.2) is 59.0 Å². The van der Waals surface area contributed by atoms with Gasteiger partial charge in [-0.25, -0.2) is 0 Å². The Bertz CT molecular complexity index is 329. The average molecular weight is 284 g/mol. The first-order valence-electron chi connectivity index (χ1n) is 7.71. The molecule has 5 heteroatoms. The fourth-order valence-electron chi connectivity index (χ4n) is 3.01. The first kappa shape index (κ1) is 17.0. The number of aliphatic hydroxyl groups is 1. The molecule has 116 valence electrons. The highest BCUT2D eigenvalue weighted by Crippen LogP contribution is 2.21. The number of aliphatic hydroxyl groups excluding tert-OH is 1. The van der Waals surface area contributed by atoms with Gasteiger partial charge in [0.15, 0.2) is 0 Å². The molecule has 1 unspecified atom stereocenters. The summed E-state index contributed by atoms with van der Waals surface area (Å²) in [4.78, 5) is 27.7. The van der Waals surface area contributed by atoms with E-state index in [1.54, 1.807) is 11.8 Å². The van der Waals surface area contributed by atoms with Crippen molar-refractivity contribution < 1.29 is 14.7 Å². The highest BCUT2D eigenvalue weighted by Gasteiger charge is 2.32. The number of carbonyl (C=O) groups excluding carboxylic acids is 2. The molecule has 1 atom stereocenters. The average Bonchev–Trinajstić information content (AvgIpc) is 2.47. The van der Waals surface area contributed by atoms with Crippen molar-refractivity contribution in [1.29, 1.82) is 0 Å². The van der Waals surface area contributed by atoms with Gasteiger partial charge in [0, 0.05) is 32.6 Å². The summed E-state index contributed by atoms with van der Waals surface area (Å²) >= 11 is 0. The normalized spacial score (nSPS) is 19.2. The third kappa shape index (κ3) is 4.20. The molecule has 1 aliphatic heterocycles. The van der Waals surface area contributed by atoms with Crippen molar-refractivity contribution in [2.75, 3.05) is 26.2 Å². The quantitative estimate of drug-likeness (QED) is 0.798. The van der Waals surface area contributed by atoms with Crippen LogP contribution in [0.5, 0.6) is 0 Å². The number of carbonyl (C=O) groups is 2. The van der Waals surface area contributed by atoms with E-state index >= 15 is 0 Å². The van der Waals surface area contributed by atoms with E-state index in [0.717, 1.165) is 32.2 Å². The predicted octanol–water partition coefficient (Wildman–Crippen LogP) is 1.25. The third-order valence-electron chi connectivity index (χ3n) is 4.22. The molecule has 0 spiro atoms. The van der Waals surface area contributed by atoms with E-state index in [1.807, 2.05) is 4.90 Å². The molecule has 1 heterocycles. The van der Waals surface area contributed by atoms with Crippen molar-refractivity contribution in [3.8, 4) is 0 Å². The Labute approximate surface area is 121 Å². The highest BCUT2D eigenvalue weighted by atomic mass is 16.3. The minimum atomic E-state index is -0.111. The van der Waals surface area contributed by atoms with E-state index in [4.69, 9.17) is 0 Å². The first-order valence-corrected chi connectivity index (χ1v) is 7.71. The monoisotopic (exact) mass is 284 g/mol. The largest absolute Gasteiger partial charge is 0.395 e. The van der Waals surface area contributed by atoms with Gasteiger partial charge in [0.25, 0.3) is 0 Å². The molecule has 5 nitrogen and oxygen atoms in total. The zero-order chi connectivity index (χ0) is 15.1. The molecule has 1 fully saturated rings. The molecule has 0 radical (unpaired) electrons. The Kier molecular flexibility index (Phi) is 6.99. The van der Waals surface area contributed by atoms with Gasteiger partial charge in [-0.3, -0.25) is 9.59 Å². The molecule has 0 bridgehead atoms. The van der Waals surface area contributed by atoms with Crippen molar-refractivity contribution in [3.63, 3.8) is 0 Å². The molecule has 1 N–H and O–H groups in total. The van der Waals surface area contributed by atoms with E-state index < -0.39 is 0 Å². The Balaban J connectivity index is 2.75. The van der Waals surface area contributed by atoms with E-state index in [9.17, 15) is 14.7 Å². The molecule has 0 aromatic carbocycles. The van der Waals surface area contributed by atoms with Crippen LogP contribution in [0.2, 0.25) is 0 Å². The van der Waals surface area contributed by atoms with Gasteiger partial charge in [-0.1, -0.05) is 13.8 Å². The van der Waals surface area contributed by atoms with Gasteiger partial charge < -0.3 is 14.9 Å². The van der Waals surface area contributed by atoms with E-state index in [0.29, 0.717) is 13.1 Å². The van der Waals surface area contributed by atoms with Crippen LogP contribution in [0.3, 0.4) is 0 Å². The maximum atomic E-state index is 12.7. The Hall–Kier alpha value is -1.10. The summed E-state index contributed by atoms with van der Waals surface area (Å²) in [5.41, 5.74) is 0. The number of rotatable bonds is 6. The van der Waals surface area contributed by atoms with Crippen molar-refractivity contribution >= 4 is 11.8 Å². The Morgan fingerprint density at radius 3 is 2.50 bits per heavy atom. The second-order valence-electron chi connectivity index (χ2n) is 5.53. The maximum absolute atomic E-state index is 12.7. The summed E-state index contributed by atoms with van der Waals surface area (Å²) < 4.78 is 0. The maximum Gasteiger partial charge on any atom is 0.227 e. The lowest BCUT2D eigenvalue weighted by molar-refractivity contribution is -0.142. The Morgan fingerprint density at radius 2 is 2.00 bits per heavy atom. The summed E-state index contributed by atoms with van der Waals surface area (Å²) in [6, 6.07) is 0.183. The molecule has 20 heavy (non-hydrogen) atoms. The number of amides is 2. The number of nitrogens with zero attached hydrogens (tertiary/aromatic N) is 2. The molecule has 0 aromatic heterocycles.